The Morgan fingerprint density at radius 1 is 1.12 bits per heavy atom. The SMILES string of the molecule is O=S(=O)(c1cccc2cnccc12)N1CCC(C2CCCN2)CC1. The van der Waals surface area contributed by atoms with Crippen LogP contribution in [0.1, 0.15) is 25.7 Å². The maximum atomic E-state index is 13.1. The van der Waals surface area contributed by atoms with Gasteiger partial charge in [0.15, 0.2) is 0 Å². The Labute approximate surface area is 143 Å². The molecule has 2 fully saturated rings. The van der Waals surface area contributed by atoms with Crippen molar-refractivity contribution in [1.82, 2.24) is 14.6 Å². The number of nitrogens with one attached hydrogen (secondary N) is 1. The maximum Gasteiger partial charge on any atom is 0.243 e. The fourth-order valence-corrected chi connectivity index (χ4v) is 5.77. The summed E-state index contributed by atoms with van der Waals surface area (Å²) in [6, 6.07) is 7.78. The number of piperidine rings is 1. The molecule has 3 heterocycles. The summed E-state index contributed by atoms with van der Waals surface area (Å²) in [6.07, 6.45) is 7.74. The van der Waals surface area contributed by atoms with Gasteiger partial charge in [-0.2, -0.15) is 4.31 Å². The minimum absolute atomic E-state index is 0.403. The van der Waals surface area contributed by atoms with Gasteiger partial charge in [0.05, 0.1) is 4.90 Å². The van der Waals surface area contributed by atoms with Gasteiger partial charge < -0.3 is 5.32 Å². The van der Waals surface area contributed by atoms with Gasteiger partial charge in [-0.15, -0.1) is 0 Å². The number of sulfonamides is 1. The fraction of sp³-hybridized carbons (Fsp3) is 0.500. The molecule has 0 spiro atoms. The van der Waals surface area contributed by atoms with Crippen LogP contribution < -0.4 is 5.32 Å². The van der Waals surface area contributed by atoms with Crippen LogP contribution in [0.5, 0.6) is 0 Å². The third-order valence-corrected chi connectivity index (χ3v) is 7.38. The Morgan fingerprint density at radius 2 is 1.96 bits per heavy atom. The molecular weight excluding hydrogens is 322 g/mol. The molecule has 128 valence electrons. The Kier molecular flexibility index (Phi) is 4.28. The summed E-state index contributed by atoms with van der Waals surface area (Å²) in [7, 11) is -3.45. The minimum atomic E-state index is -3.45. The van der Waals surface area contributed by atoms with Crippen molar-refractivity contribution in [1.29, 1.82) is 0 Å². The summed E-state index contributed by atoms with van der Waals surface area (Å²) in [5.41, 5.74) is 0. The van der Waals surface area contributed by atoms with Crippen LogP contribution >= 0.6 is 0 Å². The van der Waals surface area contributed by atoms with Crippen molar-refractivity contribution in [2.75, 3.05) is 19.6 Å². The minimum Gasteiger partial charge on any atom is -0.314 e. The number of pyridine rings is 1. The molecule has 0 radical (unpaired) electrons. The van der Waals surface area contributed by atoms with Crippen molar-refractivity contribution >= 4 is 20.8 Å². The van der Waals surface area contributed by atoms with Gasteiger partial charge in [-0.25, -0.2) is 8.42 Å². The van der Waals surface area contributed by atoms with Gasteiger partial charge in [0, 0.05) is 42.3 Å². The van der Waals surface area contributed by atoms with E-state index in [-0.39, 0.29) is 0 Å². The second kappa shape index (κ2) is 6.43. The summed E-state index contributed by atoms with van der Waals surface area (Å²) in [6.45, 7) is 2.34. The molecule has 1 aromatic heterocycles. The van der Waals surface area contributed by atoms with E-state index >= 15 is 0 Å². The van der Waals surface area contributed by atoms with Crippen LogP contribution in [0.15, 0.2) is 41.6 Å². The van der Waals surface area contributed by atoms with E-state index in [0.29, 0.717) is 29.9 Å². The summed E-state index contributed by atoms with van der Waals surface area (Å²) in [5, 5.41) is 5.18. The summed E-state index contributed by atoms with van der Waals surface area (Å²) < 4.78 is 27.9. The Hall–Kier alpha value is -1.50. The standard InChI is InChI=1S/C18H23N3O2S/c22-24(23,18-5-1-3-15-13-19-10-6-16(15)18)21-11-7-14(8-12-21)17-4-2-9-20-17/h1,3,5-6,10,13-14,17,20H,2,4,7-9,11-12H2. The maximum absolute atomic E-state index is 13.1. The second-order valence-electron chi connectivity index (χ2n) is 6.80. The molecular formula is C18H23N3O2S. The molecule has 24 heavy (non-hydrogen) atoms. The number of rotatable bonds is 3. The average molecular weight is 345 g/mol. The first-order valence-corrected chi connectivity index (χ1v) is 10.2. The zero-order chi connectivity index (χ0) is 16.6. The predicted octanol–water partition coefficient (Wildman–Crippen LogP) is 2.39. The Balaban J connectivity index is 1.57. The van der Waals surface area contributed by atoms with Gasteiger partial charge in [0.1, 0.15) is 0 Å². The number of hydrogen-bond acceptors (Lipinski definition) is 4. The molecule has 1 atom stereocenters. The van der Waals surface area contributed by atoms with Crippen molar-refractivity contribution in [3.8, 4) is 0 Å². The van der Waals surface area contributed by atoms with E-state index in [1.165, 1.54) is 12.8 Å². The molecule has 2 aliphatic rings. The zero-order valence-electron chi connectivity index (χ0n) is 13.7. The average Bonchev–Trinajstić information content (AvgIpc) is 3.16. The topological polar surface area (TPSA) is 62.3 Å². The molecule has 0 aliphatic carbocycles. The summed E-state index contributed by atoms with van der Waals surface area (Å²) >= 11 is 0. The third-order valence-electron chi connectivity index (χ3n) is 5.42. The highest BCUT2D eigenvalue weighted by atomic mass is 32.2. The van der Waals surface area contributed by atoms with Gasteiger partial charge in [0.25, 0.3) is 0 Å². The van der Waals surface area contributed by atoms with Gasteiger partial charge in [0.2, 0.25) is 10.0 Å². The third kappa shape index (κ3) is 2.83. The highest BCUT2D eigenvalue weighted by Crippen LogP contribution is 2.31. The van der Waals surface area contributed by atoms with Gasteiger partial charge in [-0.1, -0.05) is 12.1 Å². The first kappa shape index (κ1) is 16.0. The molecule has 1 N–H and O–H groups in total. The van der Waals surface area contributed by atoms with Crippen molar-refractivity contribution < 1.29 is 8.42 Å². The van der Waals surface area contributed by atoms with Crippen LogP contribution in [0.25, 0.3) is 10.8 Å². The van der Waals surface area contributed by atoms with Crippen molar-refractivity contribution in [3.05, 3.63) is 36.7 Å². The zero-order valence-corrected chi connectivity index (χ0v) is 14.5. The lowest BCUT2D eigenvalue weighted by molar-refractivity contribution is 0.234. The molecule has 2 saturated heterocycles. The molecule has 0 bridgehead atoms. The quantitative estimate of drug-likeness (QED) is 0.928. The first-order chi connectivity index (χ1) is 11.7. The monoisotopic (exact) mass is 345 g/mol. The van der Waals surface area contributed by atoms with Crippen LogP contribution in [-0.4, -0.2) is 43.4 Å². The molecule has 2 aliphatic heterocycles. The van der Waals surface area contributed by atoms with Crippen LogP contribution in [0.3, 0.4) is 0 Å². The second-order valence-corrected chi connectivity index (χ2v) is 8.70. The van der Waals surface area contributed by atoms with E-state index in [9.17, 15) is 8.42 Å². The van der Waals surface area contributed by atoms with E-state index in [1.807, 2.05) is 6.07 Å². The van der Waals surface area contributed by atoms with Crippen molar-refractivity contribution in [2.45, 2.75) is 36.6 Å². The molecule has 5 nitrogen and oxygen atoms in total. The molecule has 1 aromatic carbocycles. The summed E-state index contributed by atoms with van der Waals surface area (Å²) in [4.78, 5) is 4.49. The van der Waals surface area contributed by atoms with Crippen LogP contribution in [-0.2, 0) is 10.0 Å². The number of fused-ring (bicyclic) bond motifs is 1. The molecule has 2 aromatic rings. The number of hydrogen-bond donors (Lipinski definition) is 1. The van der Waals surface area contributed by atoms with Crippen LogP contribution in [0, 0.1) is 5.92 Å². The van der Waals surface area contributed by atoms with Gasteiger partial charge in [-0.3, -0.25) is 4.98 Å². The lowest BCUT2D eigenvalue weighted by atomic mass is 9.89. The van der Waals surface area contributed by atoms with Crippen LogP contribution in [0.2, 0.25) is 0 Å². The number of nitrogens with zero attached hydrogens (tertiary/aromatic N) is 2. The van der Waals surface area contributed by atoms with Crippen molar-refractivity contribution in [2.24, 2.45) is 5.92 Å². The molecule has 1 unspecified atom stereocenters. The predicted molar refractivity (Wildman–Crippen MR) is 94.3 cm³/mol. The van der Waals surface area contributed by atoms with E-state index in [1.54, 1.807) is 34.9 Å². The lowest BCUT2D eigenvalue weighted by Crippen LogP contribution is -2.43. The first-order valence-electron chi connectivity index (χ1n) is 8.72. The highest BCUT2D eigenvalue weighted by Gasteiger charge is 2.34. The fourth-order valence-electron chi connectivity index (χ4n) is 4.09. The highest BCUT2D eigenvalue weighted by molar-refractivity contribution is 7.89. The smallest absolute Gasteiger partial charge is 0.243 e. The Morgan fingerprint density at radius 3 is 2.71 bits per heavy atom. The van der Waals surface area contributed by atoms with E-state index in [0.717, 1.165) is 30.2 Å². The normalized spacial score (nSPS) is 23.8. The Bertz CT molecular complexity index is 818. The van der Waals surface area contributed by atoms with Gasteiger partial charge in [-0.05, 0) is 50.3 Å². The van der Waals surface area contributed by atoms with E-state index in [2.05, 4.69) is 10.3 Å². The molecule has 0 saturated carbocycles. The van der Waals surface area contributed by atoms with E-state index in [4.69, 9.17) is 0 Å². The van der Waals surface area contributed by atoms with Crippen LogP contribution in [0.4, 0.5) is 0 Å². The largest absolute Gasteiger partial charge is 0.314 e. The molecule has 6 heteroatoms. The number of benzene rings is 1. The molecule has 0 amide bonds. The summed E-state index contributed by atoms with van der Waals surface area (Å²) in [5.74, 6) is 0.607. The van der Waals surface area contributed by atoms with E-state index < -0.39 is 10.0 Å². The lowest BCUT2D eigenvalue weighted by Gasteiger charge is -2.34. The molecule has 4 rings (SSSR count). The number of aromatic nitrogens is 1. The van der Waals surface area contributed by atoms with Crippen molar-refractivity contribution in [3.63, 3.8) is 0 Å². The van der Waals surface area contributed by atoms with Gasteiger partial charge >= 0.3 is 0 Å².